The molecule has 0 radical (unpaired) electrons. The van der Waals surface area contributed by atoms with Crippen LogP contribution in [0.15, 0.2) is 18.2 Å². The van der Waals surface area contributed by atoms with Crippen molar-refractivity contribution in [3.05, 3.63) is 23.8 Å². The molecule has 11 heteroatoms. The largest absolute Gasteiger partial charge is 0.541 e. The third-order valence-corrected chi connectivity index (χ3v) is 16.1. The van der Waals surface area contributed by atoms with E-state index in [0.717, 1.165) is 5.56 Å². The molecule has 0 saturated heterocycles. The minimum absolute atomic E-state index is 0.0226. The number of carbonyl (C=O) groups excluding carboxylic acids is 2. The first-order valence-electron chi connectivity index (χ1n) is 13.8. The predicted octanol–water partition coefficient (Wildman–Crippen LogP) is 5.79. The van der Waals surface area contributed by atoms with Crippen LogP contribution in [0.5, 0.6) is 11.5 Å². The van der Waals surface area contributed by atoms with Crippen LogP contribution in [-0.4, -0.2) is 69.9 Å². The smallest absolute Gasteiger partial charge is 0.408 e. The normalized spacial score (nSPS) is 14.7. The van der Waals surface area contributed by atoms with Crippen LogP contribution in [-0.2, 0) is 20.7 Å². The number of hydrogen-bond donors (Lipinski definition) is 3. The average Bonchev–Trinajstić information content (AvgIpc) is 2.75. The molecule has 0 bridgehead atoms. The number of alkyl carbamates (subject to hydrolysis) is 1. The Bertz CT molecular complexity index is 1010. The van der Waals surface area contributed by atoms with Crippen LogP contribution in [0.1, 0.15) is 67.9 Å². The fourth-order valence-electron chi connectivity index (χ4n) is 2.91. The van der Waals surface area contributed by atoms with Crippen LogP contribution >= 0.6 is 0 Å². The van der Waals surface area contributed by atoms with Gasteiger partial charge in [0.25, 0.3) is 16.6 Å². The monoisotopic (exact) mass is 599 g/mol. The zero-order valence-electron chi connectivity index (χ0n) is 26.9. The Labute approximate surface area is 243 Å². The highest BCUT2D eigenvalue weighted by atomic mass is 28.4. The van der Waals surface area contributed by atoms with Crippen LogP contribution in [0.3, 0.4) is 0 Å². The molecule has 0 heterocycles. The van der Waals surface area contributed by atoms with Gasteiger partial charge in [-0.25, -0.2) is 9.59 Å². The van der Waals surface area contributed by atoms with Gasteiger partial charge in [-0.15, -0.1) is 0 Å². The van der Waals surface area contributed by atoms with E-state index in [1.807, 2.05) is 18.2 Å². The molecule has 2 atom stereocenters. The number of aliphatic hydroxyl groups excluding tert-OH is 2. The van der Waals surface area contributed by atoms with Gasteiger partial charge in [-0.1, -0.05) is 47.6 Å². The fourth-order valence-corrected chi connectivity index (χ4v) is 4.95. The fraction of sp³-hybridized carbons (Fsp3) is 0.724. The SMILES string of the molecule is CC(C)(C)OC(=O)N[C@@H](Cc1ccc(O[Si](C)(C)C(C)(C)C)c(O[Si](C)(C)C(C)(C)C)c1)C(=O)OCC(O)CO. The maximum atomic E-state index is 13.0. The molecule has 1 amide bonds. The van der Waals surface area contributed by atoms with Gasteiger partial charge in [-0.05, 0) is 74.7 Å². The van der Waals surface area contributed by atoms with Crippen LogP contribution in [0, 0.1) is 0 Å². The van der Waals surface area contributed by atoms with Crippen molar-refractivity contribution in [2.24, 2.45) is 0 Å². The predicted molar refractivity (Wildman–Crippen MR) is 163 cm³/mol. The summed E-state index contributed by atoms with van der Waals surface area (Å²) < 4.78 is 23.9. The number of hydrogen-bond acceptors (Lipinski definition) is 8. The summed E-state index contributed by atoms with van der Waals surface area (Å²) in [7, 11) is -4.45. The van der Waals surface area contributed by atoms with Crippen molar-refractivity contribution in [2.45, 2.75) is 123 Å². The number of aliphatic hydroxyl groups is 2. The summed E-state index contributed by atoms with van der Waals surface area (Å²) in [5.41, 5.74) is -0.0459. The number of carbonyl (C=O) groups is 2. The Kier molecular flexibility index (Phi) is 11.9. The molecule has 3 N–H and O–H groups in total. The lowest BCUT2D eigenvalue weighted by molar-refractivity contribution is -0.149. The molecule has 1 aromatic carbocycles. The highest BCUT2D eigenvalue weighted by Gasteiger charge is 2.42. The minimum Gasteiger partial charge on any atom is -0.541 e. The van der Waals surface area contributed by atoms with E-state index in [4.69, 9.17) is 23.4 Å². The average molecular weight is 600 g/mol. The van der Waals surface area contributed by atoms with E-state index in [1.54, 1.807) is 20.8 Å². The lowest BCUT2D eigenvalue weighted by atomic mass is 10.1. The second-order valence-electron chi connectivity index (χ2n) is 14.4. The Morgan fingerprint density at radius 2 is 1.38 bits per heavy atom. The van der Waals surface area contributed by atoms with Crippen molar-refractivity contribution in [2.75, 3.05) is 13.2 Å². The topological polar surface area (TPSA) is 124 Å². The number of benzene rings is 1. The minimum atomic E-state index is -2.26. The third kappa shape index (κ3) is 11.1. The lowest BCUT2D eigenvalue weighted by Crippen LogP contribution is -2.46. The third-order valence-electron chi connectivity index (χ3n) is 7.39. The van der Waals surface area contributed by atoms with Crippen molar-refractivity contribution in [3.8, 4) is 11.5 Å². The number of rotatable bonds is 11. The van der Waals surface area contributed by atoms with E-state index in [0.29, 0.717) is 11.5 Å². The molecule has 9 nitrogen and oxygen atoms in total. The molecule has 1 aromatic rings. The zero-order chi connectivity index (χ0) is 31.3. The second kappa shape index (κ2) is 13.3. The standard InChI is InChI=1S/C29H53NO8Si2/c1-27(2,3)36-26(34)30-22(25(33)35-19-21(32)18-31)16-20-14-15-23(37-39(10,11)28(4,5)6)24(17-20)38-40(12,13)29(7,8)9/h14-15,17,21-22,31-32H,16,18-19H2,1-13H3,(H,30,34)/t21?,22-/m0/s1. The number of ether oxygens (including phenoxy) is 2. The van der Waals surface area contributed by atoms with Crippen molar-refractivity contribution < 1.29 is 38.1 Å². The van der Waals surface area contributed by atoms with Crippen LogP contribution in [0.4, 0.5) is 4.79 Å². The van der Waals surface area contributed by atoms with Gasteiger partial charge in [-0.3, -0.25) is 0 Å². The van der Waals surface area contributed by atoms with Crippen molar-refractivity contribution in [1.29, 1.82) is 0 Å². The summed E-state index contributed by atoms with van der Waals surface area (Å²) in [5.74, 6) is 0.506. The van der Waals surface area contributed by atoms with Crippen molar-refractivity contribution in [1.82, 2.24) is 5.32 Å². The summed E-state index contributed by atoms with van der Waals surface area (Å²) in [6.07, 6.45) is -1.91. The molecule has 40 heavy (non-hydrogen) atoms. The first-order valence-corrected chi connectivity index (χ1v) is 19.7. The van der Waals surface area contributed by atoms with Gasteiger partial charge in [0.1, 0.15) is 35.9 Å². The zero-order valence-corrected chi connectivity index (χ0v) is 28.9. The first-order chi connectivity index (χ1) is 17.9. The molecular weight excluding hydrogens is 546 g/mol. The van der Waals surface area contributed by atoms with E-state index in [-0.39, 0.29) is 16.5 Å². The molecule has 230 valence electrons. The molecule has 0 aliphatic heterocycles. The summed E-state index contributed by atoms with van der Waals surface area (Å²) in [4.78, 5) is 25.5. The summed E-state index contributed by atoms with van der Waals surface area (Å²) in [6.45, 7) is 25.9. The number of nitrogens with one attached hydrogen (secondary N) is 1. The first kappa shape index (κ1) is 35.9. The summed E-state index contributed by atoms with van der Waals surface area (Å²) >= 11 is 0. The lowest BCUT2D eigenvalue weighted by Gasteiger charge is -2.39. The van der Waals surface area contributed by atoms with Gasteiger partial charge in [0.05, 0.1) is 6.61 Å². The molecule has 1 rings (SSSR count). The Morgan fingerprint density at radius 1 is 0.875 bits per heavy atom. The Hall–Kier alpha value is -2.09. The second-order valence-corrected chi connectivity index (χ2v) is 23.8. The maximum Gasteiger partial charge on any atom is 0.408 e. The summed E-state index contributed by atoms with van der Waals surface area (Å²) in [6, 6.07) is 4.47. The molecule has 0 spiro atoms. The highest BCUT2D eigenvalue weighted by molar-refractivity contribution is 6.75. The van der Waals surface area contributed by atoms with E-state index < -0.39 is 59.7 Å². The quantitative estimate of drug-likeness (QED) is 0.216. The van der Waals surface area contributed by atoms with E-state index in [2.05, 4.69) is 73.0 Å². The van der Waals surface area contributed by atoms with Crippen molar-refractivity contribution >= 4 is 28.7 Å². The van der Waals surface area contributed by atoms with Gasteiger partial charge >= 0.3 is 12.1 Å². The number of amides is 1. The van der Waals surface area contributed by atoms with Gasteiger partial charge < -0.3 is 33.9 Å². The highest BCUT2D eigenvalue weighted by Crippen LogP contribution is 2.43. The van der Waals surface area contributed by atoms with Crippen LogP contribution < -0.4 is 14.2 Å². The molecule has 0 aromatic heterocycles. The van der Waals surface area contributed by atoms with Gasteiger partial charge in [-0.2, -0.15) is 0 Å². The maximum absolute atomic E-state index is 13.0. The molecule has 1 unspecified atom stereocenters. The van der Waals surface area contributed by atoms with E-state index in [9.17, 15) is 14.7 Å². The molecule has 0 aliphatic rings. The summed E-state index contributed by atoms with van der Waals surface area (Å²) in [5, 5.41) is 21.2. The molecule has 0 fully saturated rings. The van der Waals surface area contributed by atoms with Crippen LogP contribution in [0.2, 0.25) is 36.3 Å². The van der Waals surface area contributed by atoms with E-state index >= 15 is 0 Å². The molecule has 0 saturated carbocycles. The number of esters is 1. The van der Waals surface area contributed by atoms with Crippen LogP contribution in [0.25, 0.3) is 0 Å². The molecular formula is C29H53NO8Si2. The van der Waals surface area contributed by atoms with Gasteiger partial charge in [0.15, 0.2) is 0 Å². The molecule has 0 aliphatic carbocycles. The Morgan fingerprint density at radius 3 is 1.82 bits per heavy atom. The van der Waals surface area contributed by atoms with Crippen molar-refractivity contribution in [3.63, 3.8) is 0 Å². The van der Waals surface area contributed by atoms with E-state index in [1.165, 1.54) is 0 Å². The van der Waals surface area contributed by atoms with Gasteiger partial charge in [0.2, 0.25) is 0 Å². The van der Waals surface area contributed by atoms with Gasteiger partial charge in [0, 0.05) is 6.42 Å². The Balaban J connectivity index is 3.47.